The van der Waals surface area contributed by atoms with Gasteiger partial charge in [-0.05, 0) is 45.4 Å². The van der Waals surface area contributed by atoms with Crippen molar-refractivity contribution in [2.24, 2.45) is 0 Å². The molecular weight excluding hydrogens is 268 g/mol. The van der Waals surface area contributed by atoms with Crippen LogP contribution in [0.1, 0.15) is 25.3 Å². The highest BCUT2D eigenvalue weighted by Gasteiger charge is 2.29. The summed E-state index contributed by atoms with van der Waals surface area (Å²) in [6.45, 7) is 4.36. The number of hydrogen-bond donors (Lipinski definition) is 2. The molecule has 6 heteroatoms. The van der Waals surface area contributed by atoms with Crippen LogP contribution in [0.15, 0.2) is 18.5 Å². The van der Waals surface area contributed by atoms with E-state index < -0.39 is 11.8 Å². The number of anilines is 1. The van der Waals surface area contributed by atoms with Gasteiger partial charge in [-0.25, -0.2) is 0 Å². The summed E-state index contributed by atoms with van der Waals surface area (Å²) >= 11 is 0. The minimum atomic E-state index is -0.660. The van der Waals surface area contributed by atoms with E-state index in [-0.39, 0.29) is 6.04 Å². The van der Waals surface area contributed by atoms with Gasteiger partial charge in [0.05, 0.1) is 11.9 Å². The third kappa shape index (κ3) is 4.26. The number of rotatable bonds is 5. The highest BCUT2D eigenvalue weighted by Crippen LogP contribution is 2.26. The zero-order valence-electron chi connectivity index (χ0n) is 12.7. The average molecular weight is 290 g/mol. The lowest BCUT2D eigenvalue weighted by atomic mass is 10.2. The predicted octanol–water partition coefficient (Wildman–Crippen LogP) is 0.927. The predicted molar refractivity (Wildman–Crippen MR) is 80.9 cm³/mol. The minimum Gasteiger partial charge on any atom is -0.346 e. The van der Waals surface area contributed by atoms with Crippen molar-refractivity contribution in [3.05, 3.63) is 24.0 Å². The van der Waals surface area contributed by atoms with E-state index in [1.54, 1.807) is 12.3 Å². The lowest BCUT2D eigenvalue weighted by Gasteiger charge is -2.24. The number of carbonyl (C=O) groups excluding carboxylic acids is 2. The van der Waals surface area contributed by atoms with Gasteiger partial charge in [0.25, 0.3) is 0 Å². The molecule has 0 bridgehead atoms. The van der Waals surface area contributed by atoms with Crippen molar-refractivity contribution in [2.75, 3.05) is 18.9 Å². The van der Waals surface area contributed by atoms with Crippen molar-refractivity contribution in [2.45, 2.75) is 38.8 Å². The molecule has 0 radical (unpaired) electrons. The number of nitrogens with one attached hydrogen (secondary N) is 2. The normalized spacial score (nSPS) is 15.6. The Hall–Kier alpha value is -1.95. The molecule has 1 aromatic heterocycles. The van der Waals surface area contributed by atoms with Gasteiger partial charge < -0.3 is 10.6 Å². The van der Waals surface area contributed by atoms with Crippen LogP contribution in [0.2, 0.25) is 0 Å². The highest BCUT2D eigenvalue weighted by molar-refractivity contribution is 6.39. The van der Waals surface area contributed by atoms with Crippen molar-refractivity contribution < 1.29 is 9.59 Å². The average Bonchev–Trinajstić information content (AvgIpc) is 3.30. The van der Waals surface area contributed by atoms with Crippen molar-refractivity contribution in [3.63, 3.8) is 0 Å². The van der Waals surface area contributed by atoms with Gasteiger partial charge in [-0.3, -0.25) is 19.5 Å². The Morgan fingerprint density at radius 3 is 2.76 bits per heavy atom. The molecule has 21 heavy (non-hydrogen) atoms. The molecule has 1 heterocycles. The summed E-state index contributed by atoms with van der Waals surface area (Å²) in [5.41, 5.74) is 1.42. The molecule has 1 aromatic rings. The summed E-state index contributed by atoms with van der Waals surface area (Å²) in [5, 5.41) is 5.24. The van der Waals surface area contributed by atoms with Crippen LogP contribution < -0.4 is 10.6 Å². The maximum Gasteiger partial charge on any atom is 0.313 e. The van der Waals surface area contributed by atoms with E-state index in [0.717, 1.165) is 5.56 Å². The smallest absolute Gasteiger partial charge is 0.313 e. The number of hydrogen-bond acceptors (Lipinski definition) is 4. The monoisotopic (exact) mass is 290 g/mol. The van der Waals surface area contributed by atoms with Crippen molar-refractivity contribution >= 4 is 17.5 Å². The Morgan fingerprint density at radius 1 is 1.43 bits per heavy atom. The summed E-state index contributed by atoms with van der Waals surface area (Å²) < 4.78 is 0. The van der Waals surface area contributed by atoms with Crippen LogP contribution in [0.25, 0.3) is 0 Å². The molecule has 0 aromatic carbocycles. The van der Waals surface area contributed by atoms with E-state index in [1.807, 2.05) is 20.9 Å². The summed E-state index contributed by atoms with van der Waals surface area (Å²) in [5.74, 6) is -1.28. The fraction of sp³-hybridized carbons (Fsp3) is 0.533. The maximum absolute atomic E-state index is 11.8. The Labute approximate surface area is 124 Å². The molecule has 6 nitrogen and oxygen atoms in total. The van der Waals surface area contributed by atoms with Crippen LogP contribution in [0.5, 0.6) is 0 Å². The summed E-state index contributed by atoms with van der Waals surface area (Å²) in [6.07, 6.45) is 5.61. The molecular formula is C15H22N4O2. The Kier molecular flexibility index (Phi) is 4.90. The SMILES string of the molecule is Cc1ccncc1NC(=O)C(=O)NC[C@H](C)N(C)C1CC1. The van der Waals surface area contributed by atoms with Gasteiger partial charge in [-0.15, -0.1) is 0 Å². The number of pyridine rings is 1. The molecule has 0 spiro atoms. The number of nitrogens with zero attached hydrogens (tertiary/aromatic N) is 2. The first-order valence-corrected chi connectivity index (χ1v) is 7.20. The molecule has 0 unspecified atom stereocenters. The van der Waals surface area contributed by atoms with E-state index >= 15 is 0 Å². The topological polar surface area (TPSA) is 74.3 Å². The number of likely N-dealkylation sites (N-methyl/N-ethyl adjacent to an activating group) is 1. The van der Waals surface area contributed by atoms with Crippen LogP contribution >= 0.6 is 0 Å². The molecule has 2 N–H and O–H groups in total. The van der Waals surface area contributed by atoms with Gasteiger partial charge >= 0.3 is 11.8 Å². The largest absolute Gasteiger partial charge is 0.346 e. The molecule has 0 aliphatic heterocycles. The zero-order valence-corrected chi connectivity index (χ0v) is 12.7. The van der Waals surface area contributed by atoms with Gasteiger partial charge in [0.2, 0.25) is 0 Å². The molecule has 1 aliphatic carbocycles. The van der Waals surface area contributed by atoms with E-state index in [0.29, 0.717) is 18.3 Å². The van der Waals surface area contributed by atoms with Crippen LogP contribution in [-0.4, -0.2) is 47.4 Å². The summed E-state index contributed by atoms with van der Waals surface area (Å²) in [6, 6.07) is 2.62. The lowest BCUT2D eigenvalue weighted by Crippen LogP contribution is -2.44. The first-order chi connectivity index (χ1) is 9.99. The fourth-order valence-electron chi connectivity index (χ4n) is 2.08. The fourth-order valence-corrected chi connectivity index (χ4v) is 2.08. The third-order valence-electron chi connectivity index (χ3n) is 3.87. The van der Waals surface area contributed by atoms with Crippen LogP contribution in [0.4, 0.5) is 5.69 Å². The standard InChI is InChI=1S/C15H22N4O2/c1-10-6-7-16-9-13(10)18-15(21)14(20)17-8-11(2)19(3)12-4-5-12/h6-7,9,11-12H,4-5,8H2,1-3H3,(H,17,20)(H,18,21)/t11-/m0/s1. The molecule has 114 valence electrons. The van der Waals surface area contributed by atoms with Crippen LogP contribution in [-0.2, 0) is 9.59 Å². The van der Waals surface area contributed by atoms with E-state index in [2.05, 4.69) is 20.5 Å². The Bertz CT molecular complexity index is 528. The van der Waals surface area contributed by atoms with Crippen molar-refractivity contribution in [3.8, 4) is 0 Å². The number of aromatic nitrogens is 1. The van der Waals surface area contributed by atoms with E-state index in [4.69, 9.17) is 0 Å². The lowest BCUT2D eigenvalue weighted by molar-refractivity contribution is -0.136. The zero-order chi connectivity index (χ0) is 15.4. The van der Waals surface area contributed by atoms with Gasteiger partial charge in [-0.2, -0.15) is 0 Å². The number of aryl methyl sites for hydroxylation is 1. The minimum absolute atomic E-state index is 0.217. The van der Waals surface area contributed by atoms with Crippen molar-refractivity contribution in [1.82, 2.24) is 15.2 Å². The first-order valence-electron chi connectivity index (χ1n) is 7.20. The van der Waals surface area contributed by atoms with E-state index in [1.165, 1.54) is 19.0 Å². The van der Waals surface area contributed by atoms with Crippen molar-refractivity contribution in [1.29, 1.82) is 0 Å². The second-order valence-electron chi connectivity index (χ2n) is 5.60. The molecule has 2 rings (SSSR count). The second-order valence-corrected chi connectivity index (χ2v) is 5.60. The summed E-state index contributed by atoms with van der Waals surface area (Å²) in [7, 11) is 2.05. The van der Waals surface area contributed by atoms with Gasteiger partial charge in [0.1, 0.15) is 0 Å². The van der Waals surface area contributed by atoms with Crippen LogP contribution in [0.3, 0.4) is 0 Å². The first kappa shape index (κ1) is 15.4. The van der Waals surface area contributed by atoms with Gasteiger partial charge in [-0.1, -0.05) is 0 Å². The Balaban J connectivity index is 1.80. The molecule has 1 fully saturated rings. The quantitative estimate of drug-likeness (QED) is 0.791. The molecule has 1 saturated carbocycles. The molecule has 0 saturated heterocycles. The number of carbonyl (C=O) groups is 2. The molecule has 2 amide bonds. The second kappa shape index (κ2) is 6.67. The van der Waals surface area contributed by atoms with Gasteiger partial charge in [0.15, 0.2) is 0 Å². The highest BCUT2D eigenvalue weighted by atomic mass is 16.2. The van der Waals surface area contributed by atoms with Crippen LogP contribution in [0, 0.1) is 6.92 Å². The van der Waals surface area contributed by atoms with Gasteiger partial charge in [0, 0.05) is 24.8 Å². The third-order valence-corrected chi connectivity index (χ3v) is 3.87. The number of amides is 2. The van der Waals surface area contributed by atoms with E-state index in [9.17, 15) is 9.59 Å². The molecule has 1 aliphatic rings. The summed E-state index contributed by atoms with van der Waals surface area (Å²) in [4.78, 5) is 29.8. The Morgan fingerprint density at radius 2 is 2.14 bits per heavy atom. The molecule has 1 atom stereocenters. The maximum atomic E-state index is 11.8.